The Bertz CT molecular complexity index is 1040. The minimum atomic E-state index is 0.528. The van der Waals surface area contributed by atoms with Gasteiger partial charge in [0.15, 0.2) is 0 Å². The fourth-order valence-electron chi connectivity index (χ4n) is 2.82. The fourth-order valence-corrected chi connectivity index (χ4v) is 2.82. The van der Waals surface area contributed by atoms with Gasteiger partial charge in [0.25, 0.3) is 0 Å². The molecule has 4 rings (SSSR count). The van der Waals surface area contributed by atoms with Crippen LogP contribution in [0.15, 0.2) is 60.9 Å². The van der Waals surface area contributed by atoms with Gasteiger partial charge in [-0.25, -0.2) is 14.5 Å². The molecule has 1 aromatic carbocycles. The van der Waals surface area contributed by atoms with Gasteiger partial charge >= 0.3 is 0 Å². The van der Waals surface area contributed by atoms with Crippen molar-refractivity contribution in [1.29, 1.82) is 0 Å². The highest BCUT2D eigenvalue weighted by Gasteiger charge is 2.13. The molecule has 0 aliphatic rings. The largest absolute Gasteiger partial charge is 0.497 e. The van der Waals surface area contributed by atoms with Gasteiger partial charge in [0.2, 0.25) is 5.95 Å². The molecule has 1 N–H and O–H groups in total. The second-order valence-corrected chi connectivity index (χ2v) is 5.61. The highest BCUT2D eigenvalue weighted by Crippen LogP contribution is 2.27. The van der Waals surface area contributed by atoms with Gasteiger partial charge in [-0.1, -0.05) is 12.1 Å². The number of anilines is 2. The third-order valence-corrected chi connectivity index (χ3v) is 3.95. The van der Waals surface area contributed by atoms with Gasteiger partial charge in [0.05, 0.1) is 24.0 Å². The van der Waals surface area contributed by atoms with Crippen LogP contribution in [0.25, 0.3) is 16.8 Å². The molecule has 0 saturated carbocycles. The molecular formula is C19H17N5O. The molecule has 0 aliphatic heterocycles. The minimum absolute atomic E-state index is 0.528. The van der Waals surface area contributed by atoms with Crippen LogP contribution in [-0.4, -0.2) is 26.7 Å². The lowest BCUT2D eigenvalue weighted by Gasteiger charge is -2.08. The Morgan fingerprint density at radius 2 is 2.00 bits per heavy atom. The Hall–Kier alpha value is -3.41. The number of nitrogens with zero attached hydrogens (tertiary/aromatic N) is 4. The Morgan fingerprint density at radius 3 is 2.88 bits per heavy atom. The van der Waals surface area contributed by atoms with Crippen LogP contribution in [0, 0.1) is 6.92 Å². The summed E-state index contributed by atoms with van der Waals surface area (Å²) in [5, 5.41) is 7.76. The number of hydrogen-bond donors (Lipinski definition) is 1. The number of aryl methyl sites for hydroxylation is 1. The summed E-state index contributed by atoms with van der Waals surface area (Å²) in [6.07, 6.45) is 3.68. The predicted octanol–water partition coefficient (Wildman–Crippen LogP) is 3.85. The summed E-state index contributed by atoms with van der Waals surface area (Å²) in [6, 6.07) is 15.5. The topological polar surface area (TPSA) is 64.3 Å². The molecule has 0 bridgehead atoms. The van der Waals surface area contributed by atoms with E-state index in [1.165, 1.54) is 0 Å². The van der Waals surface area contributed by atoms with Gasteiger partial charge in [0.1, 0.15) is 5.75 Å². The molecule has 0 radical (unpaired) electrons. The maximum atomic E-state index is 5.25. The number of aromatic nitrogens is 4. The summed E-state index contributed by atoms with van der Waals surface area (Å²) < 4.78 is 7.11. The second-order valence-electron chi connectivity index (χ2n) is 5.61. The van der Waals surface area contributed by atoms with Crippen molar-refractivity contribution < 1.29 is 4.74 Å². The van der Waals surface area contributed by atoms with Crippen molar-refractivity contribution in [1.82, 2.24) is 19.6 Å². The molecule has 0 atom stereocenters. The second kappa shape index (κ2) is 6.24. The first-order valence-electron chi connectivity index (χ1n) is 7.93. The lowest BCUT2D eigenvalue weighted by atomic mass is 10.1. The first-order valence-corrected chi connectivity index (χ1v) is 7.93. The van der Waals surface area contributed by atoms with Crippen molar-refractivity contribution in [3.05, 3.63) is 66.6 Å². The van der Waals surface area contributed by atoms with E-state index >= 15 is 0 Å². The highest BCUT2D eigenvalue weighted by atomic mass is 16.5. The molecule has 4 aromatic rings. The number of hydrogen-bond acceptors (Lipinski definition) is 5. The van der Waals surface area contributed by atoms with E-state index in [1.807, 2.05) is 66.2 Å². The van der Waals surface area contributed by atoms with Crippen molar-refractivity contribution in [2.24, 2.45) is 0 Å². The van der Waals surface area contributed by atoms with Gasteiger partial charge in [0, 0.05) is 29.7 Å². The van der Waals surface area contributed by atoms with Gasteiger partial charge in [-0.05, 0) is 37.3 Å². The number of benzene rings is 1. The van der Waals surface area contributed by atoms with Gasteiger partial charge in [-0.2, -0.15) is 5.10 Å². The lowest BCUT2D eigenvalue weighted by molar-refractivity contribution is 0.415. The molecule has 0 spiro atoms. The van der Waals surface area contributed by atoms with Crippen LogP contribution in [0.5, 0.6) is 5.75 Å². The van der Waals surface area contributed by atoms with Crippen LogP contribution in [0.2, 0.25) is 0 Å². The molecule has 0 unspecified atom stereocenters. The number of pyridine rings is 1. The number of fused-ring (bicyclic) bond motifs is 1. The predicted molar refractivity (Wildman–Crippen MR) is 97.2 cm³/mol. The zero-order chi connectivity index (χ0) is 17.2. The van der Waals surface area contributed by atoms with E-state index < -0.39 is 0 Å². The van der Waals surface area contributed by atoms with Gasteiger partial charge < -0.3 is 10.1 Å². The van der Waals surface area contributed by atoms with E-state index in [-0.39, 0.29) is 0 Å². The number of rotatable bonds is 4. The van der Waals surface area contributed by atoms with Gasteiger partial charge in [-0.15, -0.1) is 0 Å². The Labute approximate surface area is 145 Å². The smallest absolute Gasteiger partial charge is 0.227 e. The highest BCUT2D eigenvalue weighted by molar-refractivity contribution is 5.80. The fraction of sp³-hybridized carbons (Fsp3) is 0.105. The van der Waals surface area contributed by atoms with Crippen molar-refractivity contribution in [3.63, 3.8) is 0 Å². The van der Waals surface area contributed by atoms with E-state index in [9.17, 15) is 0 Å². The molecule has 3 heterocycles. The van der Waals surface area contributed by atoms with Crippen LogP contribution < -0.4 is 10.1 Å². The quantitative estimate of drug-likeness (QED) is 0.615. The number of nitrogens with one attached hydrogen (secondary N) is 1. The normalized spacial score (nSPS) is 10.8. The molecule has 6 nitrogen and oxygen atoms in total. The molecule has 124 valence electrons. The molecule has 0 amide bonds. The van der Waals surface area contributed by atoms with Crippen molar-refractivity contribution in [3.8, 4) is 17.0 Å². The number of methoxy groups -OCH3 is 1. The third kappa shape index (κ3) is 2.89. The summed E-state index contributed by atoms with van der Waals surface area (Å²) in [5.74, 6) is 1.31. The summed E-state index contributed by atoms with van der Waals surface area (Å²) in [7, 11) is 1.64. The summed E-state index contributed by atoms with van der Waals surface area (Å²) in [6.45, 7) is 1.99. The van der Waals surface area contributed by atoms with Crippen LogP contribution >= 0.6 is 0 Å². The Kier molecular flexibility index (Phi) is 3.78. The van der Waals surface area contributed by atoms with E-state index in [1.54, 1.807) is 13.3 Å². The zero-order valence-electron chi connectivity index (χ0n) is 14.0. The molecule has 0 saturated heterocycles. The number of ether oxygens (including phenoxy) is 1. The maximum Gasteiger partial charge on any atom is 0.227 e. The molecular weight excluding hydrogens is 314 g/mol. The molecule has 25 heavy (non-hydrogen) atoms. The summed E-state index contributed by atoms with van der Waals surface area (Å²) >= 11 is 0. The molecule has 6 heteroatoms. The van der Waals surface area contributed by atoms with Crippen molar-refractivity contribution >= 4 is 17.2 Å². The van der Waals surface area contributed by atoms with Crippen molar-refractivity contribution in [2.75, 3.05) is 12.4 Å². The average molecular weight is 331 g/mol. The standard InChI is InChI=1S/C19H17N5O/c1-13-18(17-8-3-4-11-24(17)23-13)16-9-10-20-19(22-16)21-14-6-5-7-15(12-14)25-2/h3-12H,1-2H3,(H,20,21,22). The van der Waals surface area contributed by atoms with Crippen LogP contribution in [0.4, 0.5) is 11.6 Å². The van der Waals surface area contributed by atoms with E-state index in [4.69, 9.17) is 4.74 Å². The Morgan fingerprint density at radius 1 is 1.08 bits per heavy atom. The summed E-state index contributed by atoms with van der Waals surface area (Å²) in [5.41, 5.74) is 4.66. The van der Waals surface area contributed by atoms with E-state index in [2.05, 4.69) is 20.4 Å². The monoisotopic (exact) mass is 331 g/mol. The first kappa shape index (κ1) is 15.1. The zero-order valence-corrected chi connectivity index (χ0v) is 14.0. The van der Waals surface area contributed by atoms with Crippen LogP contribution in [0.3, 0.4) is 0 Å². The van der Waals surface area contributed by atoms with Gasteiger partial charge in [-0.3, -0.25) is 0 Å². The van der Waals surface area contributed by atoms with Crippen LogP contribution in [0.1, 0.15) is 5.69 Å². The van der Waals surface area contributed by atoms with Crippen molar-refractivity contribution in [2.45, 2.75) is 6.92 Å². The molecule has 3 aromatic heterocycles. The summed E-state index contributed by atoms with van der Waals surface area (Å²) in [4.78, 5) is 8.98. The average Bonchev–Trinajstić information content (AvgIpc) is 2.98. The SMILES string of the molecule is COc1cccc(Nc2nccc(-c3c(C)nn4ccccc34)n2)c1. The van der Waals surface area contributed by atoms with E-state index in [0.717, 1.165) is 33.9 Å². The maximum absolute atomic E-state index is 5.25. The first-order chi connectivity index (χ1) is 12.2. The molecule has 0 fully saturated rings. The van der Waals surface area contributed by atoms with E-state index in [0.29, 0.717) is 5.95 Å². The Balaban J connectivity index is 1.73. The minimum Gasteiger partial charge on any atom is -0.497 e. The molecule has 0 aliphatic carbocycles. The van der Waals surface area contributed by atoms with Crippen LogP contribution in [-0.2, 0) is 0 Å². The third-order valence-electron chi connectivity index (χ3n) is 3.95. The lowest BCUT2D eigenvalue weighted by Crippen LogP contribution is -1.98.